The maximum absolute atomic E-state index is 12.2. The van der Waals surface area contributed by atoms with Crippen LogP contribution in [0.4, 0.5) is 5.69 Å². The van der Waals surface area contributed by atoms with Gasteiger partial charge in [0.1, 0.15) is 0 Å². The fourth-order valence-electron chi connectivity index (χ4n) is 1.39. The first-order valence-corrected chi connectivity index (χ1v) is 8.46. The first-order valence-electron chi connectivity index (χ1n) is 5.87. The number of hydrogen-bond donors (Lipinski definition) is 0. The number of hydrogen-bond acceptors (Lipinski definition) is 6. The standard InChI is InChI=1S/C11H15BrNO6P/c1-3-17-20(16,18-4-2)19-11-6-5-9(8-12)7-10(11)13(14)15/h5-7H,3-4,8H2,1-2H3. The number of halogens is 1. The Bertz CT molecular complexity index is 514. The number of alkyl halides is 1. The molecule has 0 aromatic heterocycles. The van der Waals surface area contributed by atoms with Gasteiger partial charge in [-0.3, -0.25) is 19.2 Å². The van der Waals surface area contributed by atoms with Gasteiger partial charge in [-0.25, -0.2) is 4.57 Å². The highest BCUT2D eigenvalue weighted by molar-refractivity contribution is 9.08. The van der Waals surface area contributed by atoms with E-state index in [0.29, 0.717) is 10.9 Å². The Morgan fingerprint density at radius 1 is 1.30 bits per heavy atom. The van der Waals surface area contributed by atoms with Gasteiger partial charge in [-0.2, -0.15) is 0 Å². The summed E-state index contributed by atoms with van der Waals surface area (Å²) in [4.78, 5) is 10.4. The van der Waals surface area contributed by atoms with E-state index in [0.717, 1.165) is 0 Å². The van der Waals surface area contributed by atoms with Crippen LogP contribution >= 0.6 is 23.8 Å². The van der Waals surface area contributed by atoms with E-state index in [2.05, 4.69) is 15.9 Å². The Morgan fingerprint density at radius 3 is 2.35 bits per heavy atom. The molecule has 0 fully saturated rings. The van der Waals surface area contributed by atoms with Gasteiger partial charge in [-0.05, 0) is 25.5 Å². The van der Waals surface area contributed by atoms with Gasteiger partial charge in [0.25, 0.3) is 0 Å². The van der Waals surface area contributed by atoms with Gasteiger partial charge >= 0.3 is 13.5 Å². The largest absolute Gasteiger partial charge is 0.530 e. The molecule has 0 unspecified atom stereocenters. The van der Waals surface area contributed by atoms with Crippen molar-refractivity contribution in [1.29, 1.82) is 0 Å². The topological polar surface area (TPSA) is 87.9 Å². The minimum absolute atomic E-state index is 0.102. The molecule has 112 valence electrons. The molecule has 0 spiro atoms. The zero-order valence-electron chi connectivity index (χ0n) is 11.1. The molecule has 0 radical (unpaired) electrons. The normalized spacial score (nSPS) is 11.3. The van der Waals surface area contributed by atoms with Crippen LogP contribution < -0.4 is 4.52 Å². The third-order valence-electron chi connectivity index (χ3n) is 2.16. The molecule has 9 heteroatoms. The van der Waals surface area contributed by atoms with Crippen LogP contribution in [0.5, 0.6) is 5.75 Å². The van der Waals surface area contributed by atoms with Crippen molar-refractivity contribution in [3.63, 3.8) is 0 Å². The summed E-state index contributed by atoms with van der Waals surface area (Å²) in [5, 5.41) is 11.5. The van der Waals surface area contributed by atoms with E-state index in [-0.39, 0.29) is 24.7 Å². The van der Waals surface area contributed by atoms with E-state index in [4.69, 9.17) is 13.6 Å². The van der Waals surface area contributed by atoms with E-state index < -0.39 is 12.7 Å². The lowest BCUT2D eigenvalue weighted by Gasteiger charge is -2.17. The molecule has 20 heavy (non-hydrogen) atoms. The highest BCUT2D eigenvalue weighted by Crippen LogP contribution is 2.51. The minimum Gasteiger partial charge on any atom is -0.397 e. The predicted molar refractivity (Wildman–Crippen MR) is 77.2 cm³/mol. The molecule has 1 aromatic rings. The summed E-state index contributed by atoms with van der Waals surface area (Å²) in [7, 11) is -3.85. The van der Waals surface area contributed by atoms with E-state index in [1.807, 2.05) is 0 Å². The van der Waals surface area contributed by atoms with E-state index in [1.165, 1.54) is 12.1 Å². The van der Waals surface area contributed by atoms with Crippen molar-refractivity contribution in [3.05, 3.63) is 33.9 Å². The Hall–Kier alpha value is -0.950. The lowest BCUT2D eigenvalue weighted by Crippen LogP contribution is -2.04. The first kappa shape index (κ1) is 17.1. The SMILES string of the molecule is CCOP(=O)(OCC)Oc1ccc(CBr)cc1[N+](=O)[O-]. The van der Waals surface area contributed by atoms with Crippen molar-refractivity contribution in [2.45, 2.75) is 19.2 Å². The van der Waals surface area contributed by atoms with Crippen molar-refractivity contribution in [3.8, 4) is 5.75 Å². The molecule has 0 atom stereocenters. The van der Waals surface area contributed by atoms with Crippen LogP contribution in [-0.4, -0.2) is 18.1 Å². The van der Waals surface area contributed by atoms with Gasteiger partial charge in [-0.1, -0.05) is 22.0 Å². The maximum Gasteiger partial charge on any atom is 0.530 e. The van der Waals surface area contributed by atoms with E-state index in [9.17, 15) is 14.7 Å². The Morgan fingerprint density at radius 2 is 1.90 bits per heavy atom. The monoisotopic (exact) mass is 367 g/mol. The number of nitro groups is 1. The van der Waals surface area contributed by atoms with Crippen LogP contribution in [0.15, 0.2) is 18.2 Å². The summed E-state index contributed by atoms with van der Waals surface area (Å²) in [6.07, 6.45) is 0. The van der Waals surface area contributed by atoms with Crippen LogP contribution in [0.1, 0.15) is 19.4 Å². The molecule has 0 bridgehead atoms. The number of phosphoric ester groups is 1. The molecule has 0 aliphatic carbocycles. The van der Waals surface area contributed by atoms with Crippen molar-refractivity contribution in [1.82, 2.24) is 0 Å². The second-order valence-corrected chi connectivity index (χ2v) is 5.72. The van der Waals surface area contributed by atoms with Gasteiger partial charge in [-0.15, -0.1) is 0 Å². The highest BCUT2D eigenvalue weighted by atomic mass is 79.9. The quantitative estimate of drug-likeness (QED) is 0.298. The maximum atomic E-state index is 12.2. The lowest BCUT2D eigenvalue weighted by molar-refractivity contribution is -0.385. The molecule has 0 aliphatic rings. The average Bonchev–Trinajstić information content (AvgIpc) is 2.39. The van der Waals surface area contributed by atoms with Crippen LogP contribution in [-0.2, 0) is 18.9 Å². The second kappa shape index (κ2) is 7.73. The van der Waals surface area contributed by atoms with E-state index in [1.54, 1.807) is 19.9 Å². The molecule has 0 saturated heterocycles. The number of nitro benzene ring substituents is 1. The number of rotatable bonds is 8. The molecule has 1 aromatic carbocycles. The molecule has 0 aliphatic heterocycles. The van der Waals surface area contributed by atoms with E-state index >= 15 is 0 Å². The molecule has 0 saturated carbocycles. The molecule has 0 N–H and O–H groups in total. The third-order valence-corrected chi connectivity index (χ3v) is 4.38. The van der Waals surface area contributed by atoms with Gasteiger partial charge in [0.15, 0.2) is 0 Å². The molecular formula is C11H15BrNO6P. The Kier molecular flexibility index (Phi) is 6.61. The summed E-state index contributed by atoms with van der Waals surface area (Å²) < 4.78 is 27.2. The average molecular weight is 368 g/mol. The summed E-state index contributed by atoms with van der Waals surface area (Å²) in [5.74, 6) is -0.148. The summed E-state index contributed by atoms with van der Waals surface area (Å²) >= 11 is 3.21. The number of benzene rings is 1. The Balaban J connectivity index is 3.12. The summed E-state index contributed by atoms with van der Waals surface area (Å²) in [6.45, 7) is 3.45. The predicted octanol–water partition coefficient (Wildman–Crippen LogP) is 4.05. The van der Waals surface area contributed by atoms with Crippen molar-refractivity contribution >= 4 is 29.4 Å². The number of phosphoric acid groups is 1. The molecule has 0 heterocycles. The highest BCUT2D eigenvalue weighted by Gasteiger charge is 2.31. The zero-order valence-corrected chi connectivity index (χ0v) is 13.6. The van der Waals surface area contributed by atoms with Gasteiger partial charge in [0.2, 0.25) is 5.75 Å². The van der Waals surface area contributed by atoms with Crippen LogP contribution in [0, 0.1) is 10.1 Å². The second-order valence-electron chi connectivity index (χ2n) is 3.57. The zero-order chi connectivity index (χ0) is 15.2. The van der Waals surface area contributed by atoms with Crippen molar-refractivity contribution in [2.75, 3.05) is 13.2 Å². The fraction of sp³-hybridized carbons (Fsp3) is 0.455. The third kappa shape index (κ3) is 4.56. The first-order chi connectivity index (χ1) is 9.45. The minimum atomic E-state index is -3.85. The van der Waals surface area contributed by atoms with Crippen LogP contribution in [0.3, 0.4) is 0 Å². The summed E-state index contributed by atoms with van der Waals surface area (Å²) in [6, 6.07) is 4.34. The molecule has 7 nitrogen and oxygen atoms in total. The van der Waals surface area contributed by atoms with Gasteiger partial charge < -0.3 is 4.52 Å². The lowest BCUT2D eigenvalue weighted by atomic mass is 10.2. The van der Waals surface area contributed by atoms with Gasteiger partial charge in [0.05, 0.1) is 18.1 Å². The molecular weight excluding hydrogens is 353 g/mol. The molecule has 0 amide bonds. The number of nitrogens with zero attached hydrogens (tertiary/aromatic N) is 1. The molecule has 1 rings (SSSR count). The van der Waals surface area contributed by atoms with Gasteiger partial charge in [0, 0.05) is 11.4 Å². The summed E-state index contributed by atoms with van der Waals surface area (Å²) in [5.41, 5.74) is 0.410. The Labute approximate surface area is 125 Å². The van der Waals surface area contributed by atoms with Crippen LogP contribution in [0.25, 0.3) is 0 Å². The fourth-order valence-corrected chi connectivity index (χ4v) is 2.95. The van der Waals surface area contributed by atoms with Crippen LogP contribution in [0.2, 0.25) is 0 Å². The van der Waals surface area contributed by atoms with Crippen molar-refractivity contribution < 1.29 is 23.1 Å². The smallest absolute Gasteiger partial charge is 0.397 e. The van der Waals surface area contributed by atoms with Crippen molar-refractivity contribution in [2.24, 2.45) is 0 Å².